The minimum absolute atomic E-state index is 0.146. The van der Waals surface area contributed by atoms with Crippen LogP contribution in [-0.4, -0.2) is 26.6 Å². The van der Waals surface area contributed by atoms with Gasteiger partial charge < -0.3 is 5.32 Å². The lowest BCUT2D eigenvalue weighted by molar-refractivity contribution is -0.137. The van der Waals surface area contributed by atoms with Crippen LogP contribution in [0.3, 0.4) is 0 Å². The van der Waals surface area contributed by atoms with E-state index in [4.69, 9.17) is 11.6 Å². The van der Waals surface area contributed by atoms with E-state index >= 15 is 0 Å². The van der Waals surface area contributed by atoms with E-state index in [1.54, 1.807) is 26.0 Å². The van der Waals surface area contributed by atoms with Gasteiger partial charge in [-0.15, -0.1) is 0 Å². The first-order chi connectivity index (χ1) is 13.8. The van der Waals surface area contributed by atoms with Crippen LogP contribution in [0.15, 0.2) is 42.5 Å². The lowest BCUT2D eigenvalue weighted by Gasteiger charge is -2.30. The van der Waals surface area contributed by atoms with Crippen molar-refractivity contribution in [3.05, 3.63) is 64.2 Å². The molecule has 2 rings (SSSR count). The summed E-state index contributed by atoms with van der Waals surface area (Å²) in [6, 6.07) is 8.13. The molecule has 0 spiro atoms. The van der Waals surface area contributed by atoms with Crippen molar-refractivity contribution in [2.24, 2.45) is 0 Å². The lowest BCUT2D eigenvalue weighted by Crippen LogP contribution is -2.49. The maximum Gasteiger partial charge on any atom is 0.416 e. The Morgan fingerprint density at radius 1 is 1.20 bits per heavy atom. The summed E-state index contributed by atoms with van der Waals surface area (Å²) in [5.41, 5.74) is 0.399. The van der Waals surface area contributed by atoms with Gasteiger partial charge in [-0.3, -0.25) is 9.10 Å². The van der Waals surface area contributed by atoms with E-state index in [1.807, 2.05) is 0 Å². The van der Waals surface area contributed by atoms with Gasteiger partial charge in [-0.2, -0.15) is 13.2 Å². The van der Waals surface area contributed by atoms with Gasteiger partial charge in [-0.1, -0.05) is 36.7 Å². The number of aryl methyl sites for hydroxylation is 1. The van der Waals surface area contributed by atoms with Gasteiger partial charge in [0.1, 0.15) is 6.04 Å². The molecule has 1 atom stereocenters. The Morgan fingerprint density at radius 2 is 1.87 bits per heavy atom. The van der Waals surface area contributed by atoms with Crippen LogP contribution in [0.4, 0.5) is 18.9 Å². The van der Waals surface area contributed by atoms with Gasteiger partial charge in [0.2, 0.25) is 15.9 Å². The van der Waals surface area contributed by atoms with Crippen molar-refractivity contribution in [2.75, 3.05) is 10.6 Å². The standard InChI is InChI=1S/C20H22ClF3N2O3S/c1-4-18(26(30(3,28)29)16-9-8-13(2)17(21)11-16)19(27)25-12-14-6-5-7-15(10-14)20(22,23)24/h5-11,18H,4,12H2,1-3H3,(H,25,27)/t18-/m0/s1. The van der Waals surface area contributed by atoms with Crippen LogP contribution >= 0.6 is 11.6 Å². The van der Waals surface area contributed by atoms with E-state index < -0.39 is 33.7 Å². The third kappa shape index (κ3) is 5.89. The number of hydrogen-bond acceptors (Lipinski definition) is 3. The molecule has 0 aliphatic carbocycles. The molecule has 0 bridgehead atoms. The summed E-state index contributed by atoms with van der Waals surface area (Å²) in [5, 5.41) is 2.88. The highest BCUT2D eigenvalue weighted by Crippen LogP contribution is 2.30. The average Bonchev–Trinajstić information content (AvgIpc) is 2.65. The summed E-state index contributed by atoms with van der Waals surface area (Å²) in [6.07, 6.45) is -3.37. The highest BCUT2D eigenvalue weighted by atomic mass is 35.5. The van der Waals surface area contributed by atoms with Gasteiger partial charge >= 0.3 is 6.18 Å². The van der Waals surface area contributed by atoms with Crippen LogP contribution in [0.1, 0.15) is 30.0 Å². The summed E-state index contributed by atoms with van der Waals surface area (Å²) in [5.74, 6) is -0.628. The summed E-state index contributed by atoms with van der Waals surface area (Å²) >= 11 is 6.11. The fraction of sp³-hybridized carbons (Fsp3) is 0.350. The molecular weight excluding hydrogens is 441 g/mol. The number of carbonyl (C=O) groups excluding carboxylic acids is 1. The normalized spacial score (nSPS) is 13.0. The van der Waals surface area contributed by atoms with E-state index in [-0.39, 0.29) is 24.2 Å². The fourth-order valence-electron chi connectivity index (χ4n) is 2.94. The van der Waals surface area contributed by atoms with E-state index in [9.17, 15) is 26.4 Å². The molecule has 0 saturated carbocycles. The molecule has 10 heteroatoms. The van der Waals surface area contributed by atoms with Crippen LogP contribution in [0.2, 0.25) is 5.02 Å². The predicted molar refractivity (Wildman–Crippen MR) is 111 cm³/mol. The molecule has 0 saturated heterocycles. The smallest absolute Gasteiger partial charge is 0.350 e. The molecule has 5 nitrogen and oxygen atoms in total. The molecular formula is C20H22ClF3N2O3S. The SMILES string of the molecule is CC[C@@H](C(=O)NCc1cccc(C(F)(F)F)c1)N(c1ccc(C)c(Cl)c1)S(C)(=O)=O. The van der Waals surface area contributed by atoms with Crippen molar-refractivity contribution in [1.29, 1.82) is 0 Å². The van der Waals surface area contributed by atoms with Crippen LogP contribution in [0, 0.1) is 6.92 Å². The summed E-state index contributed by atoms with van der Waals surface area (Å²) < 4.78 is 64.4. The summed E-state index contributed by atoms with van der Waals surface area (Å²) in [4.78, 5) is 12.8. The molecule has 2 aromatic rings. The molecule has 0 heterocycles. The van der Waals surface area contributed by atoms with Crippen molar-refractivity contribution >= 4 is 33.2 Å². The first-order valence-corrected chi connectivity index (χ1v) is 11.3. The Balaban J connectivity index is 2.27. The van der Waals surface area contributed by atoms with E-state index in [0.29, 0.717) is 5.02 Å². The molecule has 2 aromatic carbocycles. The number of hydrogen-bond donors (Lipinski definition) is 1. The number of amides is 1. The van der Waals surface area contributed by atoms with Gasteiger partial charge in [-0.25, -0.2) is 8.42 Å². The van der Waals surface area contributed by atoms with Crippen LogP contribution in [0.5, 0.6) is 0 Å². The van der Waals surface area contributed by atoms with E-state index in [1.165, 1.54) is 18.2 Å². The van der Waals surface area contributed by atoms with Gasteiger partial charge in [0.05, 0.1) is 17.5 Å². The monoisotopic (exact) mass is 462 g/mol. The fourth-order valence-corrected chi connectivity index (χ4v) is 4.32. The van der Waals surface area contributed by atoms with Crippen molar-refractivity contribution < 1.29 is 26.4 Å². The quantitative estimate of drug-likeness (QED) is 0.657. The van der Waals surface area contributed by atoms with Crippen molar-refractivity contribution in [2.45, 2.75) is 39.0 Å². The molecule has 30 heavy (non-hydrogen) atoms. The molecule has 0 fully saturated rings. The molecule has 0 aromatic heterocycles. The summed E-state index contributed by atoms with van der Waals surface area (Å²) in [6.45, 7) is 3.23. The molecule has 1 amide bonds. The summed E-state index contributed by atoms with van der Waals surface area (Å²) in [7, 11) is -3.85. The van der Waals surface area contributed by atoms with Crippen molar-refractivity contribution in [1.82, 2.24) is 5.32 Å². The van der Waals surface area contributed by atoms with Gasteiger partial charge in [0.15, 0.2) is 0 Å². The Morgan fingerprint density at radius 3 is 2.40 bits per heavy atom. The molecule has 164 valence electrons. The largest absolute Gasteiger partial charge is 0.416 e. The van der Waals surface area contributed by atoms with Crippen LogP contribution in [0.25, 0.3) is 0 Å². The molecule has 1 N–H and O–H groups in total. The number of anilines is 1. The highest BCUT2D eigenvalue weighted by Gasteiger charge is 2.32. The second kappa shape index (κ2) is 9.26. The number of benzene rings is 2. The second-order valence-corrected chi connectivity index (χ2v) is 9.10. The maximum atomic E-state index is 12.9. The van der Waals surface area contributed by atoms with Crippen LogP contribution in [-0.2, 0) is 27.5 Å². The minimum Gasteiger partial charge on any atom is -0.350 e. The second-order valence-electron chi connectivity index (χ2n) is 6.83. The number of halogens is 4. The Bertz CT molecular complexity index is 1030. The molecule has 0 radical (unpaired) electrons. The Labute approximate surface area is 178 Å². The Hall–Kier alpha value is -2.26. The van der Waals surface area contributed by atoms with Gasteiger partial charge in [0, 0.05) is 11.6 Å². The topological polar surface area (TPSA) is 66.5 Å². The minimum atomic E-state index is -4.50. The third-order valence-electron chi connectivity index (χ3n) is 4.46. The average molecular weight is 463 g/mol. The van der Waals surface area contributed by atoms with E-state index in [2.05, 4.69) is 5.32 Å². The zero-order valence-corrected chi connectivity index (χ0v) is 18.2. The number of nitrogens with one attached hydrogen (secondary N) is 1. The van der Waals surface area contributed by atoms with Crippen LogP contribution < -0.4 is 9.62 Å². The molecule has 0 aliphatic rings. The zero-order valence-electron chi connectivity index (χ0n) is 16.6. The number of sulfonamides is 1. The maximum absolute atomic E-state index is 12.9. The molecule has 0 unspecified atom stereocenters. The van der Waals surface area contributed by atoms with Gasteiger partial charge in [0.25, 0.3) is 0 Å². The van der Waals surface area contributed by atoms with Crippen molar-refractivity contribution in [3.63, 3.8) is 0 Å². The zero-order chi connectivity index (χ0) is 22.7. The number of nitrogens with zero attached hydrogens (tertiary/aromatic N) is 1. The predicted octanol–water partition coefficient (Wildman–Crippen LogP) is 4.53. The number of alkyl halides is 3. The first-order valence-electron chi connectivity index (χ1n) is 9.04. The highest BCUT2D eigenvalue weighted by molar-refractivity contribution is 7.92. The van der Waals surface area contributed by atoms with Gasteiger partial charge in [-0.05, 0) is 48.7 Å². The van der Waals surface area contributed by atoms with Crippen molar-refractivity contribution in [3.8, 4) is 0 Å². The third-order valence-corrected chi connectivity index (χ3v) is 6.05. The number of rotatable bonds is 7. The molecule has 0 aliphatic heterocycles. The lowest BCUT2D eigenvalue weighted by atomic mass is 10.1. The van der Waals surface area contributed by atoms with E-state index in [0.717, 1.165) is 28.3 Å². The number of carbonyl (C=O) groups is 1. The first kappa shape index (κ1) is 24.0. The Kier molecular flexibility index (Phi) is 7.41.